The number of rotatable bonds is 4. The summed E-state index contributed by atoms with van der Waals surface area (Å²) >= 11 is 0. The third kappa shape index (κ3) is 3.71. The van der Waals surface area contributed by atoms with Gasteiger partial charge in [0.2, 0.25) is 11.3 Å². The van der Waals surface area contributed by atoms with Crippen molar-refractivity contribution in [3.63, 3.8) is 0 Å². The van der Waals surface area contributed by atoms with E-state index in [0.29, 0.717) is 34.1 Å². The summed E-state index contributed by atoms with van der Waals surface area (Å²) in [6.45, 7) is 2.96. The summed E-state index contributed by atoms with van der Waals surface area (Å²) in [7, 11) is 2.51. The number of methoxy groups -OCH3 is 2. The van der Waals surface area contributed by atoms with Crippen LogP contribution >= 0.6 is 0 Å². The zero-order chi connectivity index (χ0) is 24.1. The van der Waals surface area contributed by atoms with Gasteiger partial charge in [-0.05, 0) is 35.4 Å². The standard InChI is InChI=1S/C24H24F2N2O5/c1-24(2,3)14-9-12-11-7-6-8-27-18(11)15(33-23(25)26)10-13(12)19-16(14)20(29)17(22(30)32-5)21(28-19)31-4/h6-8,10,14,23H,9H2,1-5H3,(H,28,29). The molecule has 0 aliphatic heterocycles. The van der Waals surface area contributed by atoms with Crippen LogP contribution in [0.15, 0.2) is 29.2 Å². The molecule has 7 nitrogen and oxygen atoms in total. The monoisotopic (exact) mass is 458 g/mol. The maximum Gasteiger partial charge on any atom is 0.387 e. The van der Waals surface area contributed by atoms with Gasteiger partial charge in [-0.2, -0.15) is 8.78 Å². The van der Waals surface area contributed by atoms with E-state index in [0.717, 1.165) is 5.56 Å². The van der Waals surface area contributed by atoms with E-state index in [2.05, 4.69) is 9.97 Å². The third-order valence-electron chi connectivity index (χ3n) is 6.05. The van der Waals surface area contributed by atoms with E-state index in [-0.39, 0.29) is 28.5 Å². The highest BCUT2D eigenvalue weighted by Gasteiger charge is 2.39. The van der Waals surface area contributed by atoms with Crippen LogP contribution in [0.3, 0.4) is 0 Å². The molecule has 0 saturated heterocycles. The van der Waals surface area contributed by atoms with E-state index in [4.69, 9.17) is 14.2 Å². The fourth-order valence-corrected chi connectivity index (χ4v) is 4.53. The van der Waals surface area contributed by atoms with Crippen molar-refractivity contribution in [3.05, 3.63) is 51.3 Å². The summed E-state index contributed by atoms with van der Waals surface area (Å²) in [4.78, 5) is 33.4. The van der Waals surface area contributed by atoms with Gasteiger partial charge in [-0.25, -0.2) is 4.79 Å². The van der Waals surface area contributed by atoms with E-state index < -0.39 is 18.0 Å². The number of nitrogens with zero attached hydrogens (tertiary/aromatic N) is 1. The molecule has 4 rings (SSSR count). The topological polar surface area (TPSA) is 90.5 Å². The number of H-pyrrole nitrogens is 1. The average Bonchev–Trinajstić information content (AvgIpc) is 2.77. The molecular formula is C24H24F2N2O5. The molecule has 2 aromatic heterocycles. The van der Waals surface area contributed by atoms with Gasteiger partial charge in [-0.1, -0.05) is 26.8 Å². The predicted molar refractivity (Wildman–Crippen MR) is 118 cm³/mol. The molecule has 0 saturated carbocycles. The van der Waals surface area contributed by atoms with Gasteiger partial charge in [-0.3, -0.25) is 9.78 Å². The number of aromatic amines is 1. The molecule has 9 heteroatoms. The molecular weight excluding hydrogens is 434 g/mol. The van der Waals surface area contributed by atoms with E-state index in [9.17, 15) is 18.4 Å². The van der Waals surface area contributed by atoms with Gasteiger partial charge in [0.1, 0.15) is 5.52 Å². The molecule has 1 aliphatic rings. The van der Waals surface area contributed by atoms with Crippen LogP contribution in [0.1, 0.15) is 48.2 Å². The Balaban J connectivity index is 2.14. The Morgan fingerprint density at radius 2 is 2.00 bits per heavy atom. The molecule has 1 N–H and O–H groups in total. The van der Waals surface area contributed by atoms with E-state index in [1.165, 1.54) is 26.5 Å². The molecule has 1 aromatic carbocycles. The number of pyridine rings is 2. The Bertz CT molecular complexity index is 1310. The number of carbonyl (C=O) groups is 1. The number of nitrogens with one attached hydrogen (secondary N) is 1. The second-order valence-electron chi connectivity index (χ2n) is 8.94. The molecule has 3 aromatic rings. The molecule has 2 heterocycles. The fraction of sp³-hybridized carbons (Fsp3) is 0.375. The first-order valence-corrected chi connectivity index (χ1v) is 10.4. The Labute approximate surface area is 188 Å². The molecule has 0 radical (unpaired) electrons. The number of hydrogen-bond donors (Lipinski definition) is 1. The second kappa shape index (κ2) is 8.13. The van der Waals surface area contributed by atoms with Crippen molar-refractivity contribution in [2.45, 2.75) is 39.7 Å². The fourth-order valence-electron chi connectivity index (χ4n) is 4.53. The number of ether oxygens (including phenoxy) is 3. The highest BCUT2D eigenvalue weighted by atomic mass is 19.3. The quantitative estimate of drug-likeness (QED) is 0.572. The van der Waals surface area contributed by atoms with Gasteiger partial charge < -0.3 is 19.2 Å². The highest BCUT2D eigenvalue weighted by Crippen LogP contribution is 2.49. The highest BCUT2D eigenvalue weighted by molar-refractivity contribution is 5.97. The first kappa shape index (κ1) is 22.7. The minimum atomic E-state index is -3.05. The lowest BCUT2D eigenvalue weighted by Crippen LogP contribution is -2.33. The molecule has 33 heavy (non-hydrogen) atoms. The molecule has 0 bridgehead atoms. The van der Waals surface area contributed by atoms with Crippen molar-refractivity contribution in [1.29, 1.82) is 0 Å². The zero-order valence-corrected chi connectivity index (χ0v) is 18.9. The molecule has 0 amide bonds. The van der Waals surface area contributed by atoms with Gasteiger partial charge in [-0.15, -0.1) is 0 Å². The Kier molecular flexibility index (Phi) is 5.59. The first-order chi connectivity index (χ1) is 15.6. The first-order valence-electron chi connectivity index (χ1n) is 10.4. The molecule has 174 valence electrons. The molecule has 1 aliphatic carbocycles. The van der Waals surface area contributed by atoms with Crippen molar-refractivity contribution in [1.82, 2.24) is 9.97 Å². The summed E-state index contributed by atoms with van der Waals surface area (Å²) in [6, 6.07) is 4.98. The molecule has 0 fully saturated rings. The summed E-state index contributed by atoms with van der Waals surface area (Å²) < 4.78 is 41.3. The molecule has 0 spiro atoms. The lowest BCUT2D eigenvalue weighted by molar-refractivity contribution is -0.0489. The summed E-state index contributed by atoms with van der Waals surface area (Å²) in [6.07, 6.45) is 1.96. The van der Waals surface area contributed by atoms with E-state index in [1.807, 2.05) is 20.8 Å². The predicted octanol–water partition coefficient (Wildman–Crippen LogP) is 4.67. The number of esters is 1. The number of halogens is 2. The van der Waals surface area contributed by atoms with Crippen molar-refractivity contribution >= 4 is 16.9 Å². The van der Waals surface area contributed by atoms with Gasteiger partial charge in [0.05, 0.1) is 19.9 Å². The smallest absolute Gasteiger partial charge is 0.387 e. The van der Waals surface area contributed by atoms with Crippen LogP contribution < -0.4 is 14.9 Å². The number of alkyl halides is 2. The lowest BCUT2D eigenvalue weighted by atomic mass is 9.68. The van der Waals surface area contributed by atoms with Crippen LogP contribution in [0, 0.1) is 5.41 Å². The van der Waals surface area contributed by atoms with Crippen molar-refractivity contribution in [2.24, 2.45) is 5.41 Å². The van der Waals surface area contributed by atoms with Crippen molar-refractivity contribution in [2.75, 3.05) is 14.2 Å². The van der Waals surface area contributed by atoms with Crippen LogP contribution in [0.2, 0.25) is 0 Å². The Morgan fingerprint density at radius 3 is 2.61 bits per heavy atom. The number of carbonyl (C=O) groups excluding carboxylic acids is 1. The van der Waals surface area contributed by atoms with Gasteiger partial charge in [0.15, 0.2) is 11.3 Å². The van der Waals surface area contributed by atoms with Crippen LogP contribution in [-0.2, 0) is 11.2 Å². The number of hydrogen-bond acceptors (Lipinski definition) is 6. The lowest BCUT2D eigenvalue weighted by Gasteiger charge is -2.37. The van der Waals surface area contributed by atoms with Gasteiger partial charge >= 0.3 is 12.6 Å². The van der Waals surface area contributed by atoms with E-state index in [1.54, 1.807) is 12.1 Å². The van der Waals surface area contributed by atoms with Gasteiger partial charge in [0, 0.05) is 22.7 Å². The van der Waals surface area contributed by atoms with Crippen LogP contribution in [0.4, 0.5) is 8.78 Å². The molecule has 1 atom stereocenters. The number of fused-ring (bicyclic) bond motifs is 5. The average molecular weight is 458 g/mol. The van der Waals surface area contributed by atoms with Crippen LogP contribution in [0.25, 0.3) is 22.2 Å². The summed E-state index contributed by atoms with van der Waals surface area (Å²) in [5, 5.41) is 0.655. The van der Waals surface area contributed by atoms with Crippen molar-refractivity contribution in [3.8, 4) is 22.9 Å². The van der Waals surface area contributed by atoms with Crippen LogP contribution in [0.5, 0.6) is 11.6 Å². The normalized spacial score (nSPS) is 15.2. The Morgan fingerprint density at radius 1 is 1.27 bits per heavy atom. The summed E-state index contributed by atoms with van der Waals surface area (Å²) in [5.74, 6) is -1.27. The largest absolute Gasteiger partial charge is 0.482 e. The number of aromatic nitrogens is 2. The SMILES string of the molecule is COC(=O)c1c(OC)[nH]c2c(c1=O)C(C(C)(C)C)Cc1c-2cc(OC(F)F)c2ncccc12. The van der Waals surface area contributed by atoms with E-state index >= 15 is 0 Å². The second-order valence-corrected chi connectivity index (χ2v) is 8.94. The zero-order valence-electron chi connectivity index (χ0n) is 18.9. The van der Waals surface area contributed by atoms with Crippen molar-refractivity contribution < 1.29 is 27.8 Å². The maximum absolute atomic E-state index is 13.6. The summed E-state index contributed by atoms with van der Waals surface area (Å²) in [5.41, 5.74) is 1.34. The number of benzene rings is 1. The molecule has 1 unspecified atom stereocenters. The van der Waals surface area contributed by atoms with Gasteiger partial charge in [0.25, 0.3) is 0 Å². The minimum absolute atomic E-state index is 0.0614. The third-order valence-corrected chi connectivity index (χ3v) is 6.05. The Hall–Kier alpha value is -3.49. The minimum Gasteiger partial charge on any atom is -0.482 e. The maximum atomic E-state index is 13.6. The van der Waals surface area contributed by atoms with Crippen LogP contribution in [-0.4, -0.2) is 36.8 Å².